The van der Waals surface area contributed by atoms with Crippen molar-refractivity contribution in [2.75, 3.05) is 6.61 Å². The topological polar surface area (TPSA) is 35.0 Å². The highest BCUT2D eigenvalue weighted by molar-refractivity contribution is 5.65. The number of benzene rings is 3. The Morgan fingerprint density at radius 3 is 1.86 bits per heavy atom. The van der Waals surface area contributed by atoms with Gasteiger partial charge in [0.25, 0.3) is 0 Å². The molecule has 0 aliphatic carbocycles. The highest BCUT2D eigenvalue weighted by Crippen LogP contribution is 2.29. The molecule has 0 unspecified atom stereocenters. The van der Waals surface area contributed by atoms with Crippen molar-refractivity contribution in [3.63, 3.8) is 0 Å². The van der Waals surface area contributed by atoms with Gasteiger partial charge in [-0.25, -0.2) is 27.5 Å². The van der Waals surface area contributed by atoms with E-state index in [1.807, 2.05) is 0 Å². The van der Waals surface area contributed by atoms with E-state index in [9.17, 15) is 17.6 Å². The second kappa shape index (κ2) is 10.8. The van der Waals surface area contributed by atoms with Crippen molar-refractivity contribution in [1.29, 1.82) is 0 Å². The Hall–Kier alpha value is -3.58. The Morgan fingerprint density at radius 1 is 0.657 bits per heavy atom. The maximum Gasteiger partial charge on any atom is 0.167 e. The predicted molar refractivity (Wildman–Crippen MR) is 127 cm³/mol. The average molecular weight is 481 g/mol. The van der Waals surface area contributed by atoms with Crippen LogP contribution in [-0.2, 0) is 24.2 Å². The van der Waals surface area contributed by atoms with Gasteiger partial charge in [-0.05, 0) is 43.4 Å². The third-order valence-electron chi connectivity index (χ3n) is 5.83. The summed E-state index contributed by atoms with van der Waals surface area (Å²) in [6.07, 6.45) is 3.65. The van der Waals surface area contributed by atoms with Gasteiger partial charge >= 0.3 is 0 Å². The van der Waals surface area contributed by atoms with Gasteiger partial charge in [-0.1, -0.05) is 48.5 Å². The molecule has 1 heterocycles. The van der Waals surface area contributed by atoms with Gasteiger partial charge in [0.1, 0.15) is 5.82 Å². The summed E-state index contributed by atoms with van der Waals surface area (Å²) in [6.45, 7) is 3.91. The molecule has 0 bridgehead atoms. The van der Waals surface area contributed by atoms with Crippen LogP contribution in [0.15, 0.2) is 60.9 Å². The Labute approximate surface area is 201 Å². The number of aromatic nitrogens is 2. The fourth-order valence-corrected chi connectivity index (χ4v) is 3.80. The number of nitrogens with zero attached hydrogens (tertiary/aromatic N) is 2. The van der Waals surface area contributed by atoms with E-state index < -0.39 is 23.3 Å². The molecule has 1 aromatic heterocycles. The summed E-state index contributed by atoms with van der Waals surface area (Å²) < 4.78 is 63.5. The first-order valence-corrected chi connectivity index (χ1v) is 11.3. The first-order valence-electron chi connectivity index (χ1n) is 11.3. The molecule has 0 N–H and O–H groups in total. The number of aryl methyl sites for hydroxylation is 3. The summed E-state index contributed by atoms with van der Waals surface area (Å²) in [5, 5.41) is 0. The third kappa shape index (κ3) is 5.41. The van der Waals surface area contributed by atoms with Gasteiger partial charge in [-0.15, -0.1) is 0 Å². The molecular weight excluding hydrogens is 456 g/mol. The highest BCUT2D eigenvalue weighted by atomic mass is 19.2. The molecule has 0 spiro atoms. The van der Waals surface area contributed by atoms with E-state index in [-0.39, 0.29) is 35.3 Å². The maximum atomic E-state index is 14.7. The number of hydrogen-bond acceptors (Lipinski definition) is 3. The highest BCUT2D eigenvalue weighted by Gasteiger charge is 2.17. The van der Waals surface area contributed by atoms with Gasteiger partial charge in [0.2, 0.25) is 0 Å². The summed E-state index contributed by atoms with van der Waals surface area (Å²) in [5.41, 5.74) is 2.47. The van der Waals surface area contributed by atoms with E-state index in [0.29, 0.717) is 30.0 Å². The average Bonchev–Trinajstić information content (AvgIpc) is 2.87. The molecule has 0 saturated carbocycles. The molecule has 7 heteroatoms. The van der Waals surface area contributed by atoms with Gasteiger partial charge in [-0.2, -0.15) is 0 Å². The van der Waals surface area contributed by atoms with E-state index >= 15 is 0 Å². The van der Waals surface area contributed by atoms with Crippen LogP contribution in [0.5, 0.6) is 0 Å². The quantitative estimate of drug-likeness (QED) is 0.255. The van der Waals surface area contributed by atoms with Gasteiger partial charge in [0.05, 0.1) is 6.61 Å². The van der Waals surface area contributed by atoms with Crippen molar-refractivity contribution < 1.29 is 22.3 Å². The SMILES string of the molecule is CCOCc1ccc(-c2ccc(CCc3ccc(-c4cnc(C)nc4)c(F)c3F)cc2)c(F)c1F. The molecular formula is C28H24F4N2O. The summed E-state index contributed by atoms with van der Waals surface area (Å²) in [6, 6.07) is 13.0. The van der Waals surface area contributed by atoms with Crippen LogP contribution in [0.25, 0.3) is 22.3 Å². The zero-order valence-corrected chi connectivity index (χ0v) is 19.4. The van der Waals surface area contributed by atoms with Crippen LogP contribution < -0.4 is 0 Å². The van der Waals surface area contributed by atoms with Crippen molar-refractivity contribution in [1.82, 2.24) is 9.97 Å². The van der Waals surface area contributed by atoms with Gasteiger partial charge in [0.15, 0.2) is 23.3 Å². The molecule has 3 nitrogen and oxygen atoms in total. The normalized spacial score (nSPS) is 11.1. The van der Waals surface area contributed by atoms with E-state index in [0.717, 1.165) is 5.56 Å². The molecule has 0 aliphatic rings. The number of halogens is 4. The molecule has 0 saturated heterocycles. The first kappa shape index (κ1) is 24.5. The molecule has 0 atom stereocenters. The largest absolute Gasteiger partial charge is 0.377 e. The Bertz CT molecular complexity index is 1320. The summed E-state index contributed by atoms with van der Waals surface area (Å²) in [5.74, 6) is -3.13. The molecule has 4 aromatic rings. The van der Waals surface area contributed by atoms with Crippen LogP contribution >= 0.6 is 0 Å². The summed E-state index contributed by atoms with van der Waals surface area (Å²) >= 11 is 0. The number of ether oxygens (including phenoxy) is 1. The van der Waals surface area contributed by atoms with E-state index in [1.54, 1.807) is 44.2 Å². The second-order valence-corrected chi connectivity index (χ2v) is 8.15. The molecule has 0 radical (unpaired) electrons. The smallest absolute Gasteiger partial charge is 0.167 e. The minimum atomic E-state index is -0.935. The zero-order valence-electron chi connectivity index (χ0n) is 19.4. The lowest BCUT2D eigenvalue weighted by Gasteiger charge is -2.11. The van der Waals surface area contributed by atoms with Crippen LogP contribution in [0.2, 0.25) is 0 Å². The van der Waals surface area contributed by atoms with Crippen LogP contribution in [-0.4, -0.2) is 16.6 Å². The van der Waals surface area contributed by atoms with E-state index in [2.05, 4.69) is 9.97 Å². The number of rotatable bonds is 8. The lowest BCUT2D eigenvalue weighted by molar-refractivity contribution is 0.131. The molecule has 0 fully saturated rings. The third-order valence-corrected chi connectivity index (χ3v) is 5.83. The Kier molecular flexibility index (Phi) is 7.56. The van der Waals surface area contributed by atoms with Crippen molar-refractivity contribution in [2.24, 2.45) is 0 Å². The monoisotopic (exact) mass is 480 g/mol. The van der Waals surface area contributed by atoms with Gasteiger partial charge in [0, 0.05) is 41.3 Å². The fourth-order valence-electron chi connectivity index (χ4n) is 3.80. The van der Waals surface area contributed by atoms with Crippen LogP contribution in [0.4, 0.5) is 17.6 Å². The van der Waals surface area contributed by atoms with Crippen LogP contribution in [0.3, 0.4) is 0 Å². The van der Waals surface area contributed by atoms with Crippen molar-refractivity contribution in [3.05, 3.63) is 107 Å². The lowest BCUT2D eigenvalue weighted by atomic mass is 9.98. The van der Waals surface area contributed by atoms with Crippen molar-refractivity contribution >= 4 is 0 Å². The van der Waals surface area contributed by atoms with E-state index in [1.165, 1.54) is 30.6 Å². The Morgan fingerprint density at radius 2 is 1.23 bits per heavy atom. The zero-order chi connectivity index (χ0) is 24.9. The summed E-state index contributed by atoms with van der Waals surface area (Å²) in [7, 11) is 0. The summed E-state index contributed by atoms with van der Waals surface area (Å²) in [4.78, 5) is 8.06. The van der Waals surface area contributed by atoms with Crippen molar-refractivity contribution in [2.45, 2.75) is 33.3 Å². The van der Waals surface area contributed by atoms with Crippen LogP contribution in [0.1, 0.15) is 29.4 Å². The minimum absolute atomic E-state index is 0.00933. The van der Waals surface area contributed by atoms with Crippen LogP contribution in [0, 0.1) is 30.2 Å². The lowest BCUT2D eigenvalue weighted by Crippen LogP contribution is -2.01. The van der Waals surface area contributed by atoms with Crippen molar-refractivity contribution in [3.8, 4) is 22.3 Å². The molecule has 0 aliphatic heterocycles. The predicted octanol–water partition coefficient (Wildman–Crippen LogP) is 7.00. The molecule has 35 heavy (non-hydrogen) atoms. The standard InChI is InChI=1S/C28H24F4N2O/c1-3-35-16-21-11-13-23(27(31)26(21)30)19-7-4-18(5-8-19)6-9-20-10-12-24(28(32)25(20)29)22-14-33-17(2)34-15-22/h4-5,7-8,10-15H,3,6,9,16H2,1-2H3. The second-order valence-electron chi connectivity index (χ2n) is 8.15. The van der Waals surface area contributed by atoms with Gasteiger partial charge in [-0.3, -0.25) is 0 Å². The molecule has 0 amide bonds. The number of hydrogen-bond donors (Lipinski definition) is 0. The molecule has 4 rings (SSSR count). The first-order chi connectivity index (χ1) is 16.9. The maximum absolute atomic E-state index is 14.7. The Balaban J connectivity index is 1.47. The van der Waals surface area contributed by atoms with Gasteiger partial charge < -0.3 is 4.74 Å². The minimum Gasteiger partial charge on any atom is -0.377 e. The molecule has 3 aromatic carbocycles. The van der Waals surface area contributed by atoms with E-state index in [4.69, 9.17) is 4.74 Å². The fraction of sp³-hybridized carbons (Fsp3) is 0.214. The molecule has 180 valence electrons.